The Bertz CT molecular complexity index is 605. The first-order chi connectivity index (χ1) is 10.2. The lowest BCUT2D eigenvalue weighted by Gasteiger charge is -2.16. The summed E-state index contributed by atoms with van der Waals surface area (Å²) in [6, 6.07) is 8.76. The third kappa shape index (κ3) is 3.70. The van der Waals surface area contributed by atoms with Crippen LogP contribution in [-0.2, 0) is 6.54 Å². The average molecular weight is 290 g/mol. The zero-order valence-corrected chi connectivity index (χ0v) is 12.4. The van der Waals surface area contributed by atoms with E-state index in [1.807, 2.05) is 25.1 Å². The molecule has 0 bridgehead atoms. The highest BCUT2D eigenvalue weighted by Gasteiger charge is 2.10. The second-order valence-electron chi connectivity index (χ2n) is 4.67. The molecule has 1 aromatic heterocycles. The first kappa shape index (κ1) is 15.3. The standard InChI is InChI=1S/C16H19FN2O2/c1-11(12-6-7-15(20-2)14(17)9-12)19-10-13-5-4-8-18-16(13)21-3/h4-9,11,19H,10H2,1-3H3. The molecule has 21 heavy (non-hydrogen) atoms. The van der Waals surface area contributed by atoms with Crippen molar-refractivity contribution >= 4 is 0 Å². The van der Waals surface area contributed by atoms with Crippen LogP contribution in [0.2, 0.25) is 0 Å². The van der Waals surface area contributed by atoms with Crippen LogP contribution in [0.5, 0.6) is 11.6 Å². The number of benzene rings is 1. The van der Waals surface area contributed by atoms with Crippen molar-refractivity contribution in [2.45, 2.75) is 19.5 Å². The van der Waals surface area contributed by atoms with Crippen LogP contribution in [0.3, 0.4) is 0 Å². The zero-order valence-electron chi connectivity index (χ0n) is 12.4. The highest BCUT2D eigenvalue weighted by Crippen LogP contribution is 2.22. The van der Waals surface area contributed by atoms with Crippen LogP contribution in [0.1, 0.15) is 24.1 Å². The van der Waals surface area contributed by atoms with Crippen molar-refractivity contribution in [1.29, 1.82) is 0 Å². The molecule has 5 heteroatoms. The van der Waals surface area contributed by atoms with E-state index in [9.17, 15) is 4.39 Å². The molecule has 1 heterocycles. The minimum Gasteiger partial charge on any atom is -0.494 e. The van der Waals surface area contributed by atoms with E-state index in [1.165, 1.54) is 13.2 Å². The molecule has 0 amide bonds. The topological polar surface area (TPSA) is 43.4 Å². The fraction of sp³-hybridized carbons (Fsp3) is 0.312. The first-order valence-corrected chi connectivity index (χ1v) is 6.70. The molecule has 1 atom stereocenters. The third-order valence-electron chi connectivity index (χ3n) is 3.32. The van der Waals surface area contributed by atoms with Crippen LogP contribution in [0.4, 0.5) is 4.39 Å². The quantitative estimate of drug-likeness (QED) is 0.888. The van der Waals surface area contributed by atoms with E-state index in [2.05, 4.69) is 10.3 Å². The van der Waals surface area contributed by atoms with E-state index in [0.717, 1.165) is 11.1 Å². The van der Waals surface area contributed by atoms with Gasteiger partial charge in [0.1, 0.15) is 0 Å². The summed E-state index contributed by atoms with van der Waals surface area (Å²) in [6.07, 6.45) is 1.69. The summed E-state index contributed by atoms with van der Waals surface area (Å²) in [5.41, 5.74) is 1.82. The molecule has 2 rings (SSSR count). The number of hydrogen-bond donors (Lipinski definition) is 1. The summed E-state index contributed by atoms with van der Waals surface area (Å²) < 4.78 is 23.8. The number of aromatic nitrogens is 1. The smallest absolute Gasteiger partial charge is 0.217 e. The summed E-state index contributed by atoms with van der Waals surface area (Å²) in [5, 5.41) is 3.33. The van der Waals surface area contributed by atoms with Gasteiger partial charge in [-0.1, -0.05) is 12.1 Å². The molecule has 4 nitrogen and oxygen atoms in total. The molecule has 0 saturated heterocycles. The summed E-state index contributed by atoms with van der Waals surface area (Å²) in [4.78, 5) is 4.15. The predicted octanol–water partition coefficient (Wildman–Crippen LogP) is 3.09. The first-order valence-electron chi connectivity index (χ1n) is 6.70. The Kier molecular flexibility index (Phi) is 5.11. The largest absolute Gasteiger partial charge is 0.494 e. The Morgan fingerprint density at radius 3 is 2.71 bits per heavy atom. The summed E-state index contributed by atoms with van der Waals surface area (Å²) >= 11 is 0. The van der Waals surface area contributed by atoms with E-state index in [4.69, 9.17) is 9.47 Å². The van der Waals surface area contributed by atoms with Crippen molar-refractivity contribution in [3.8, 4) is 11.6 Å². The Morgan fingerprint density at radius 2 is 2.05 bits per heavy atom. The Hall–Kier alpha value is -2.14. The molecule has 1 unspecified atom stereocenters. The molecule has 0 spiro atoms. The van der Waals surface area contributed by atoms with Crippen LogP contribution in [0, 0.1) is 5.82 Å². The summed E-state index contributed by atoms with van der Waals surface area (Å²) in [5.74, 6) is 0.487. The second kappa shape index (κ2) is 7.04. The number of ether oxygens (including phenoxy) is 2. The van der Waals surface area contributed by atoms with Gasteiger partial charge in [-0.2, -0.15) is 0 Å². The fourth-order valence-electron chi connectivity index (χ4n) is 2.08. The van der Waals surface area contributed by atoms with Crippen LogP contribution in [-0.4, -0.2) is 19.2 Å². The van der Waals surface area contributed by atoms with Crippen molar-refractivity contribution in [2.24, 2.45) is 0 Å². The lowest BCUT2D eigenvalue weighted by molar-refractivity contribution is 0.384. The lowest BCUT2D eigenvalue weighted by Crippen LogP contribution is -2.18. The van der Waals surface area contributed by atoms with Gasteiger partial charge in [0.25, 0.3) is 0 Å². The van der Waals surface area contributed by atoms with Gasteiger partial charge in [-0.15, -0.1) is 0 Å². The van der Waals surface area contributed by atoms with Crippen LogP contribution >= 0.6 is 0 Å². The Balaban J connectivity index is 2.04. The maximum atomic E-state index is 13.7. The molecule has 0 aliphatic rings. The fourth-order valence-corrected chi connectivity index (χ4v) is 2.08. The second-order valence-corrected chi connectivity index (χ2v) is 4.67. The molecule has 1 N–H and O–H groups in total. The molecule has 112 valence electrons. The van der Waals surface area contributed by atoms with Gasteiger partial charge in [-0.05, 0) is 30.7 Å². The molecular formula is C16H19FN2O2. The number of nitrogens with zero attached hydrogens (tertiary/aromatic N) is 1. The number of halogens is 1. The minimum absolute atomic E-state index is 0.00433. The van der Waals surface area contributed by atoms with E-state index in [1.54, 1.807) is 19.4 Å². The molecule has 2 aromatic rings. The SMILES string of the molecule is COc1ccc(C(C)NCc2cccnc2OC)cc1F. The Morgan fingerprint density at radius 1 is 1.24 bits per heavy atom. The normalized spacial score (nSPS) is 12.0. The van der Waals surface area contributed by atoms with E-state index < -0.39 is 0 Å². The molecule has 0 aliphatic heterocycles. The maximum absolute atomic E-state index is 13.7. The molecule has 1 aromatic carbocycles. The number of methoxy groups -OCH3 is 2. The van der Waals surface area contributed by atoms with Gasteiger partial charge in [0.15, 0.2) is 11.6 Å². The van der Waals surface area contributed by atoms with Gasteiger partial charge in [-0.25, -0.2) is 9.37 Å². The molecule has 0 fully saturated rings. The maximum Gasteiger partial charge on any atom is 0.217 e. The van der Waals surface area contributed by atoms with Crippen molar-refractivity contribution in [1.82, 2.24) is 10.3 Å². The van der Waals surface area contributed by atoms with Gasteiger partial charge in [0.05, 0.1) is 14.2 Å². The van der Waals surface area contributed by atoms with Crippen molar-refractivity contribution in [3.63, 3.8) is 0 Å². The molecule has 0 aliphatic carbocycles. The van der Waals surface area contributed by atoms with E-state index in [0.29, 0.717) is 12.4 Å². The minimum atomic E-state index is -0.359. The van der Waals surface area contributed by atoms with Gasteiger partial charge in [0, 0.05) is 24.3 Å². The van der Waals surface area contributed by atoms with Crippen molar-refractivity contribution in [3.05, 3.63) is 53.5 Å². The van der Waals surface area contributed by atoms with Crippen LogP contribution < -0.4 is 14.8 Å². The van der Waals surface area contributed by atoms with Gasteiger partial charge in [0.2, 0.25) is 5.88 Å². The van der Waals surface area contributed by atoms with Crippen LogP contribution in [0.15, 0.2) is 36.5 Å². The van der Waals surface area contributed by atoms with Crippen LogP contribution in [0.25, 0.3) is 0 Å². The highest BCUT2D eigenvalue weighted by molar-refractivity contribution is 5.31. The predicted molar refractivity (Wildman–Crippen MR) is 79.0 cm³/mol. The number of pyridine rings is 1. The van der Waals surface area contributed by atoms with Gasteiger partial charge >= 0.3 is 0 Å². The molecule has 0 radical (unpaired) electrons. The van der Waals surface area contributed by atoms with Gasteiger partial charge < -0.3 is 14.8 Å². The van der Waals surface area contributed by atoms with E-state index in [-0.39, 0.29) is 17.6 Å². The molecular weight excluding hydrogens is 271 g/mol. The summed E-state index contributed by atoms with van der Waals surface area (Å²) in [6.45, 7) is 2.57. The number of hydrogen-bond acceptors (Lipinski definition) is 4. The van der Waals surface area contributed by atoms with Crippen molar-refractivity contribution in [2.75, 3.05) is 14.2 Å². The third-order valence-corrected chi connectivity index (χ3v) is 3.32. The van der Waals surface area contributed by atoms with Gasteiger partial charge in [-0.3, -0.25) is 0 Å². The van der Waals surface area contributed by atoms with Crippen molar-refractivity contribution < 1.29 is 13.9 Å². The Labute approximate surface area is 123 Å². The van der Waals surface area contributed by atoms with E-state index >= 15 is 0 Å². The molecule has 0 saturated carbocycles. The average Bonchev–Trinajstić information content (AvgIpc) is 2.52. The highest BCUT2D eigenvalue weighted by atomic mass is 19.1. The number of nitrogens with one attached hydrogen (secondary N) is 1. The zero-order chi connectivity index (χ0) is 15.2. The monoisotopic (exact) mass is 290 g/mol. The lowest BCUT2D eigenvalue weighted by atomic mass is 10.1. The summed E-state index contributed by atoms with van der Waals surface area (Å²) in [7, 11) is 3.04. The number of rotatable bonds is 6.